The molecule has 0 bridgehead atoms. The Morgan fingerprint density at radius 1 is 0.921 bits per heavy atom. The number of carbonyl (C=O) groups is 2. The lowest BCUT2D eigenvalue weighted by molar-refractivity contribution is -0.137. The van der Waals surface area contributed by atoms with Crippen molar-refractivity contribution in [1.82, 2.24) is 4.98 Å². The lowest BCUT2D eigenvalue weighted by Gasteiger charge is -2.19. The fourth-order valence-corrected chi connectivity index (χ4v) is 3.64. The summed E-state index contributed by atoms with van der Waals surface area (Å²) in [6.45, 7) is 0.193. The van der Waals surface area contributed by atoms with E-state index in [1.807, 2.05) is 12.1 Å². The van der Waals surface area contributed by atoms with Crippen LogP contribution in [-0.4, -0.2) is 28.6 Å². The number of halogens is 3. The molecule has 4 rings (SSSR count). The Labute approximate surface area is 216 Å². The molecular weight excluding hydrogens is 499 g/mol. The first-order valence-corrected chi connectivity index (χ1v) is 11.5. The van der Waals surface area contributed by atoms with Gasteiger partial charge in [-0.05, 0) is 66.7 Å². The number of anilines is 2. The zero-order valence-electron chi connectivity index (χ0n) is 19.9. The van der Waals surface area contributed by atoms with Crippen molar-refractivity contribution in [3.8, 4) is 11.5 Å². The van der Waals surface area contributed by atoms with Gasteiger partial charge in [0.15, 0.2) is 0 Å². The number of ether oxygens (including phenoxy) is 1. The number of carboxylic acid groups (broad SMARTS) is 1. The fraction of sp³-hybridized carbons (Fsp3) is 0.107. The van der Waals surface area contributed by atoms with Crippen molar-refractivity contribution in [1.29, 1.82) is 0 Å². The molecule has 7 nitrogen and oxygen atoms in total. The Kier molecular flexibility index (Phi) is 7.91. The molecule has 10 heteroatoms. The number of pyridine rings is 1. The van der Waals surface area contributed by atoms with Crippen LogP contribution in [0.2, 0.25) is 0 Å². The van der Waals surface area contributed by atoms with Crippen molar-refractivity contribution in [2.24, 2.45) is 0 Å². The Balaban J connectivity index is 1.46. The van der Waals surface area contributed by atoms with E-state index in [4.69, 9.17) is 4.74 Å². The van der Waals surface area contributed by atoms with E-state index in [-0.39, 0.29) is 23.6 Å². The van der Waals surface area contributed by atoms with Crippen LogP contribution in [0.25, 0.3) is 0 Å². The number of hydrogen-bond acceptors (Lipinski definition) is 4. The van der Waals surface area contributed by atoms with Crippen molar-refractivity contribution < 1.29 is 32.6 Å². The van der Waals surface area contributed by atoms with Gasteiger partial charge in [0.1, 0.15) is 11.5 Å². The van der Waals surface area contributed by atoms with E-state index in [0.29, 0.717) is 17.8 Å². The smallest absolute Gasteiger partial charge is 0.416 e. The first-order chi connectivity index (χ1) is 18.2. The van der Waals surface area contributed by atoms with E-state index in [1.54, 1.807) is 48.7 Å². The number of hydrogen-bond donors (Lipinski definition) is 2. The molecular formula is C28H22F3N3O4. The van der Waals surface area contributed by atoms with Crippen LogP contribution in [0.1, 0.15) is 21.6 Å². The van der Waals surface area contributed by atoms with E-state index in [0.717, 1.165) is 17.8 Å². The van der Waals surface area contributed by atoms with Crippen LogP contribution in [0.15, 0.2) is 97.2 Å². The monoisotopic (exact) mass is 521 g/mol. The van der Waals surface area contributed by atoms with Gasteiger partial charge in [0.2, 0.25) is 0 Å². The van der Waals surface area contributed by atoms with Crippen molar-refractivity contribution in [2.45, 2.75) is 12.6 Å². The van der Waals surface area contributed by atoms with Gasteiger partial charge in [0.25, 0.3) is 5.91 Å². The number of para-hydroxylation sites is 1. The molecule has 1 aromatic heterocycles. The highest BCUT2D eigenvalue weighted by Crippen LogP contribution is 2.33. The third kappa shape index (κ3) is 6.67. The second-order valence-corrected chi connectivity index (χ2v) is 8.13. The van der Waals surface area contributed by atoms with Crippen LogP contribution in [0.5, 0.6) is 11.5 Å². The minimum Gasteiger partial charge on any atom is -0.465 e. The van der Waals surface area contributed by atoms with Gasteiger partial charge in [-0.2, -0.15) is 13.2 Å². The molecule has 0 spiro atoms. The SMILES string of the molecule is O=C(Nc1ccc(N(CCc2ccccn2)C(=O)O)cc1)c1ccccc1Oc1cccc(C(F)(F)F)c1. The van der Waals surface area contributed by atoms with E-state index in [1.165, 1.54) is 29.2 Å². The summed E-state index contributed by atoms with van der Waals surface area (Å²) < 4.78 is 44.7. The average molecular weight is 521 g/mol. The van der Waals surface area contributed by atoms with Crippen LogP contribution in [0.3, 0.4) is 0 Å². The first kappa shape index (κ1) is 26.2. The second kappa shape index (κ2) is 11.5. The number of benzene rings is 3. The molecule has 194 valence electrons. The Bertz CT molecular complexity index is 1410. The summed E-state index contributed by atoms with van der Waals surface area (Å²) in [7, 11) is 0. The summed E-state index contributed by atoms with van der Waals surface area (Å²) in [5.41, 5.74) is 0.806. The molecule has 0 aliphatic carbocycles. The summed E-state index contributed by atoms with van der Waals surface area (Å²) in [6.07, 6.45) is -3.59. The molecule has 0 radical (unpaired) electrons. The molecule has 2 N–H and O–H groups in total. The first-order valence-electron chi connectivity index (χ1n) is 11.5. The molecule has 0 aliphatic rings. The van der Waals surface area contributed by atoms with Gasteiger partial charge in [-0.1, -0.05) is 24.3 Å². The lowest BCUT2D eigenvalue weighted by Crippen LogP contribution is -2.31. The highest BCUT2D eigenvalue weighted by molar-refractivity contribution is 6.06. The number of aromatic nitrogens is 1. The maximum absolute atomic E-state index is 13.0. The Morgan fingerprint density at radius 3 is 2.34 bits per heavy atom. The predicted molar refractivity (Wildman–Crippen MR) is 136 cm³/mol. The summed E-state index contributed by atoms with van der Waals surface area (Å²) in [5.74, 6) is -0.540. The van der Waals surface area contributed by atoms with Crippen LogP contribution in [-0.2, 0) is 12.6 Å². The molecule has 2 amide bonds. The van der Waals surface area contributed by atoms with Crippen molar-refractivity contribution in [3.63, 3.8) is 0 Å². The molecule has 4 aromatic rings. The van der Waals surface area contributed by atoms with Gasteiger partial charge in [-0.15, -0.1) is 0 Å². The Morgan fingerprint density at radius 2 is 1.66 bits per heavy atom. The minimum absolute atomic E-state index is 0.0658. The van der Waals surface area contributed by atoms with Gasteiger partial charge in [-0.25, -0.2) is 4.79 Å². The molecule has 3 aromatic carbocycles. The van der Waals surface area contributed by atoms with E-state index in [2.05, 4.69) is 10.3 Å². The Hall–Kier alpha value is -4.86. The van der Waals surface area contributed by atoms with Crippen molar-refractivity contribution >= 4 is 23.4 Å². The number of rotatable bonds is 8. The van der Waals surface area contributed by atoms with Gasteiger partial charge in [0.05, 0.1) is 11.1 Å². The van der Waals surface area contributed by atoms with Crippen LogP contribution in [0, 0.1) is 0 Å². The zero-order valence-corrected chi connectivity index (χ0v) is 19.9. The van der Waals surface area contributed by atoms with Crippen LogP contribution in [0.4, 0.5) is 29.3 Å². The van der Waals surface area contributed by atoms with Gasteiger partial charge in [0, 0.05) is 36.2 Å². The van der Waals surface area contributed by atoms with Crippen molar-refractivity contribution in [3.05, 3.63) is 114 Å². The largest absolute Gasteiger partial charge is 0.465 e. The molecule has 0 fully saturated rings. The maximum Gasteiger partial charge on any atom is 0.416 e. The van der Waals surface area contributed by atoms with E-state index < -0.39 is 23.7 Å². The minimum atomic E-state index is -4.53. The average Bonchev–Trinajstić information content (AvgIpc) is 2.90. The second-order valence-electron chi connectivity index (χ2n) is 8.13. The summed E-state index contributed by atoms with van der Waals surface area (Å²) in [5, 5.41) is 12.3. The number of nitrogens with one attached hydrogen (secondary N) is 1. The fourth-order valence-electron chi connectivity index (χ4n) is 3.64. The quantitative estimate of drug-likeness (QED) is 0.264. The summed E-state index contributed by atoms with van der Waals surface area (Å²) in [6, 6.07) is 22.2. The predicted octanol–water partition coefficient (Wildman–Crippen LogP) is 6.87. The topological polar surface area (TPSA) is 91.8 Å². The molecule has 0 saturated heterocycles. The van der Waals surface area contributed by atoms with Gasteiger partial charge in [-0.3, -0.25) is 14.7 Å². The number of alkyl halides is 3. The normalized spacial score (nSPS) is 11.0. The van der Waals surface area contributed by atoms with E-state index in [9.17, 15) is 27.9 Å². The molecule has 0 unspecified atom stereocenters. The standard InChI is InChI=1S/C28H22F3N3O4/c29-28(30,31)19-6-5-8-23(18-19)38-25-10-2-1-9-24(25)26(35)33-21-11-13-22(14-12-21)34(27(36)37)17-15-20-7-3-4-16-32-20/h1-14,16,18H,15,17H2,(H,33,35)(H,36,37). The number of carbonyl (C=O) groups excluding carboxylic acids is 1. The number of nitrogens with zero attached hydrogens (tertiary/aromatic N) is 2. The van der Waals surface area contributed by atoms with Crippen LogP contribution >= 0.6 is 0 Å². The third-order valence-electron chi connectivity index (χ3n) is 5.51. The summed E-state index contributed by atoms with van der Waals surface area (Å²) in [4.78, 5) is 30.1. The molecule has 1 heterocycles. The van der Waals surface area contributed by atoms with Gasteiger partial charge < -0.3 is 15.2 Å². The van der Waals surface area contributed by atoms with Crippen molar-refractivity contribution in [2.75, 3.05) is 16.8 Å². The zero-order chi connectivity index (χ0) is 27.1. The summed E-state index contributed by atoms with van der Waals surface area (Å²) >= 11 is 0. The highest BCUT2D eigenvalue weighted by Gasteiger charge is 2.30. The molecule has 38 heavy (non-hydrogen) atoms. The lowest BCUT2D eigenvalue weighted by atomic mass is 10.1. The molecule has 0 saturated carbocycles. The highest BCUT2D eigenvalue weighted by atomic mass is 19.4. The van der Waals surface area contributed by atoms with Gasteiger partial charge >= 0.3 is 12.3 Å². The maximum atomic E-state index is 13.0. The van der Waals surface area contributed by atoms with Crippen LogP contribution < -0.4 is 15.0 Å². The molecule has 0 atom stereocenters. The number of amides is 2. The third-order valence-corrected chi connectivity index (χ3v) is 5.51. The van der Waals surface area contributed by atoms with E-state index >= 15 is 0 Å². The molecule has 0 aliphatic heterocycles.